The number of ether oxygens (including phenoxy) is 3. The molecule has 4 heteroatoms. The summed E-state index contributed by atoms with van der Waals surface area (Å²) in [5.41, 5.74) is 2.17. The van der Waals surface area contributed by atoms with Crippen molar-refractivity contribution in [1.82, 2.24) is 0 Å². The molecule has 0 aliphatic heterocycles. The standard InChI is InChI=1S/C17H19BrO3/c1-2-20-16-10-6-9-15(11-18)17(16)21-13-19-12-14-7-4-3-5-8-14/h3-10H,2,11-13H2,1H3. The zero-order valence-electron chi connectivity index (χ0n) is 12.0. The van der Waals surface area contributed by atoms with Crippen molar-refractivity contribution in [2.45, 2.75) is 18.9 Å². The van der Waals surface area contributed by atoms with Gasteiger partial charge in [0.25, 0.3) is 0 Å². The van der Waals surface area contributed by atoms with E-state index >= 15 is 0 Å². The van der Waals surface area contributed by atoms with Gasteiger partial charge in [-0.15, -0.1) is 0 Å². The van der Waals surface area contributed by atoms with Crippen molar-refractivity contribution in [2.75, 3.05) is 13.4 Å². The first-order valence-electron chi connectivity index (χ1n) is 6.90. The third-order valence-corrected chi connectivity index (χ3v) is 3.51. The Morgan fingerprint density at radius 2 is 1.76 bits per heavy atom. The molecule has 0 spiro atoms. The van der Waals surface area contributed by atoms with Gasteiger partial charge in [0.05, 0.1) is 13.2 Å². The quantitative estimate of drug-likeness (QED) is 0.397. The molecule has 3 nitrogen and oxygen atoms in total. The molecular formula is C17H19BrO3. The number of hydrogen-bond acceptors (Lipinski definition) is 3. The predicted octanol–water partition coefficient (Wildman–Crippen LogP) is 4.53. The van der Waals surface area contributed by atoms with E-state index in [0.29, 0.717) is 18.5 Å². The molecule has 0 aromatic heterocycles. The minimum Gasteiger partial charge on any atom is -0.490 e. The van der Waals surface area contributed by atoms with Gasteiger partial charge in [-0.25, -0.2) is 0 Å². The van der Waals surface area contributed by atoms with Gasteiger partial charge in [0.2, 0.25) is 0 Å². The van der Waals surface area contributed by atoms with Crippen molar-refractivity contribution in [1.29, 1.82) is 0 Å². The summed E-state index contributed by atoms with van der Waals surface area (Å²) in [6.07, 6.45) is 0. The van der Waals surface area contributed by atoms with E-state index in [2.05, 4.69) is 15.9 Å². The molecule has 0 saturated heterocycles. The third kappa shape index (κ3) is 4.76. The maximum Gasteiger partial charge on any atom is 0.189 e. The summed E-state index contributed by atoms with van der Waals surface area (Å²) in [6, 6.07) is 15.9. The summed E-state index contributed by atoms with van der Waals surface area (Å²) in [5, 5.41) is 0.710. The van der Waals surface area contributed by atoms with Crippen molar-refractivity contribution in [3.05, 3.63) is 59.7 Å². The van der Waals surface area contributed by atoms with E-state index in [9.17, 15) is 0 Å². The Morgan fingerprint density at radius 3 is 2.48 bits per heavy atom. The van der Waals surface area contributed by atoms with Gasteiger partial charge >= 0.3 is 0 Å². The lowest BCUT2D eigenvalue weighted by molar-refractivity contribution is 0.00310. The Labute approximate surface area is 134 Å². The molecule has 0 N–H and O–H groups in total. The first-order valence-corrected chi connectivity index (χ1v) is 8.02. The van der Waals surface area contributed by atoms with Gasteiger partial charge in [0.1, 0.15) is 0 Å². The van der Waals surface area contributed by atoms with Crippen molar-refractivity contribution in [3.8, 4) is 11.5 Å². The van der Waals surface area contributed by atoms with Crippen molar-refractivity contribution < 1.29 is 14.2 Å². The minimum absolute atomic E-state index is 0.193. The number of halogens is 1. The van der Waals surface area contributed by atoms with Crippen LogP contribution in [0.2, 0.25) is 0 Å². The normalized spacial score (nSPS) is 10.4. The van der Waals surface area contributed by atoms with Crippen LogP contribution in [0, 0.1) is 0 Å². The van der Waals surface area contributed by atoms with Crippen molar-refractivity contribution in [2.24, 2.45) is 0 Å². The monoisotopic (exact) mass is 350 g/mol. The average Bonchev–Trinajstić information content (AvgIpc) is 2.53. The highest BCUT2D eigenvalue weighted by atomic mass is 79.9. The Hall–Kier alpha value is -1.52. The van der Waals surface area contributed by atoms with Gasteiger partial charge < -0.3 is 14.2 Å². The summed E-state index contributed by atoms with van der Waals surface area (Å²) >= 11 is 3.46. The molecule has 2 aromatic carbocycles. The molecule has 0 unspecified atom stereocenters. The molecule has 0 bridgehead atoms. The molecule has 112 valence electrons. The highest BCUT2D eigenvalue weighted by molar-refractivity contribution is 9.08. The van der Waals surface area contributed by atoms with Crippen LogP contribution < -0.4 is 9.47 Å². The number of rotatable bonds is 8. The largest absolute Gasteiger partial charge is 0.490 e. The Morgan fingerprint density at radius 1 is 0.952 bits per heavy atom. The van der Waals surface area contributed by atoms with Crippen molar-refractivity contribution >= 4 is 15.9 Å². The van der Waals surface area contributed by atoms with Gasteiger partial charge in [-0.05, 0) is 18.6 Å². The second kappa shape index (κ2) is 8.70. The van der Waals surface area contributed by atoms with E-state index in [1.54, 1.807) is 0 Å². The molecule has 2 rings (SSSR count). The van der Waals surface area contributed by atoms with E-state index in [1.165, 1.54) is 0 Å². The van der Waals surface area contributed by atoms with E-state index in [-0.39, 0.29) is 6.79 Å². The lowest BCUT2D eigenvalue weighted by atomic mass is 10.2. The Balaban J connectivity index is 1.92. The Bertz CT molecular complexity index is 543. The molecule has 0 radical (unpaired) electrons. The van der Waals surface area contributed by atoms with Crippen molar-refractivity contribution in [3.63, 3.8) is 0 Å². The average molecular weight is 351 g/mol. The SMILES string of the molecule is CCOc1cccc(CBr)c1OCOCc1ccccc1. The van der Waals surface area contributed by atoms with Crippen LogP contribution in [0.1, 0.15) is 18.1 Å². The Kier molecular flexibility index (Phi) is 6.57. The predicted molar refractivity (Wildman–Crippen MR) is 87.0 cm³/mol. The second-order valence-corrected chi connectivity index (χ2v) is 4.97. The number of alkyl halides is 1. The van der Waals surface area contributed by atoms with Gasteiger partial charge in [0.15, 0.2) is 18.3 Å². The first kappa shape index (κ1) is 15.9. The summed E-state index contributed by atoms with van der Waals surface area (Å²) in [5.74, 6) is 1.49. The number of para-hydroxylation sites is 1. The minimum atomic E-state index is 0.193. The molecule has 0 fully saturated rings. The smallest absolute Gasteiger partial charge is 0.189 e. The fourth-order valence-corrected chi connectivity index (χ4v) is 2.38. The topological polar surface area (TPSA) is 27.7 Å². The van der Waals surface area contributed by atoms with Crippen LogP contribution in [0.4, 0.5) is 0 Å². The second-order valence-electron chi connectivity index (χ2n) is 4.41. The highest BCUT2D eigenvalue weighted by Crippen LogP contribution is 2.32. The van der Waals surface area contributed by atoms with Crippen LogP contribution in [0.15, 0.2) is 48.5 Å². The lowest BCUT2D eigenvalue weighted by Crippen LogP contribution is -2.06. The molecule has 0 aliphatic carbocycles. The fourth-order valence-electron chi connectivity index (χ4n) is 1.93. The van der Waals surface area contributed by atoms with Crippen LogP contribution >= 0.6 is 15.9 Å². The molecule has 0 aliphatic rings. The summed E-state index contributed by atoms with van der Waals surface area (Å²) in [7, 11) is 0. The van der Waals surface area contributed by atoms with Crippen LogP contribution in [0.5, 0.6) is 11.5 Å². The van der Waals surface area contributed by atoms with E-state index < -0.39 is 0 Å². The van der Waals surface area contributed by atoms with Gasteiger partial charge in [-0.3, -0.25) is 0 Å². The van der Waals surface area contributed by atoms with Gasteiger partial charge in [-0.1, -0.05) is 58.4 Å². The maximum atomic E-state index is 5.76. The molecule has 2 aromatic rings. The maximum absolute atomic E-state index is 5.76. The van der Waals surface area contributed by atoms with Crippen LogP contribution in [0.3, 0.4) is 0 Å². The summed E-state index contributed by atoms with van der Waals surface area (Å²) < 4.78 is 16.9. The molecule has 0 saturated carbocycles. The van der Waals surface area contributed by atoms with E-state index in [1.807, 2.05) is 55.5 Å². The zero-order chi connectivity index (χ0) is 14.9. The number of benzene rings is 2. The van der Waals surface area contributed by atoms with E-state index in [0.717, 1.165) is 22.6 Å². The lowest BCUT2D eigenvalue weighted by Gasteiger charge is -2.15. The zero-order valence-corrected chi connectivity index (χ0v) is 13.6. The third-order valence-electron chi connectivity index (χ3n) is 2.90. The molecule has 0 amide bonds. The molecule has 0 atom stereocenters. The number of hydrogen-bond donors (Lipinski definition) is 0. The highest BCUT2D eigenvalue weighted by Gasteiger charge is 2.10. The summed E-state index contributed by atoms with van der Waals surface area (Å²) in [6.45, 7) is 3.28. The van der Waals surface area contributed by atoms with Gasteiger partial charge in [-0.2, -0.15) is 0 Å². The molecule has 0 heterocycles. The first-order chi connectivity index (χ1) is 10.3. The van der Waals surface area contributed by atoms with Crippen LogP contribution in [0.25, 0.3) is 0 Å². The fraction of sp³-hybridized carbons (Fsp3) is 0.294. The van der Waals surface area contributed by atoms with Crippen LogP contribution in [-0.4, -0.2) is 13.4 Å². The van der Waals surface area contributed by atoms with Gasteiger partial charge in [0, 0.05) is 10.9 Å². The molecule has 21 heavy (non-hydrogen) atoms. The van der Waals surface area contributed by atoms with E-state index in [4.69, 9.17) is 14.2 Å². The van der Waals surface area contributed by atoms with Crippen LogP contribution in [-0.2, 0) is 16.7 Å². The summed E-state index contributed by atoms with van der Waals surface area (Å²) in [4.78, 5) is 0. The molecular weight excluding hydrogens is 332 g/mol.